The van der Waals surface area contributed by atoms with E-state index in [1.165, 1.54) is 0 Å². The summed E-state index contributed by atoms with van der Waals surface area (Å²) in [5.74, 6) is 1.20. The Hall–Kier alpha value is -4.06. The Morgan fingerprint density at radius 1 is 0.971 bits per heavy atom. The van der Waals surface area contributed by atoms with Crippen LogP contribution in [0, 0.1) is 0 Å². The largest absolute Gasteiger partial charge is 0.489 e. The van der Waals surface area contributed by atoms with E-state index in [1.807, 2.05) is 85.8 Å². The quantitative estimate of drug-likeness (QED) is 0.310. The maximum atomic E-state index is 13.3. The van der Waals surface area contributed by atoms with Crippen molar-refractivity contribution in [2.45, 2.75) is 39.3 Å². The van der Waals surface area contributed by atoms with Crippen LogP contribution in [0.3, 0.4) is 0 Å². The van der Waals surface area contributed by atoms with Crippen molar-refractivity contribution in [3.63, 3.8) is 0 Å². The fourth-order valence-corrected chi connectivity index (χ4v) is 4.58. The SMILES string of the molecule is CCCC1=C(C(=O)OCC)[C@H](c2ccc(OCc3ccccc3)cc2)n2c(nc3ccccc32)N1. The molecule has 6 heteroatoms. The molecule has 1 aliphatic heterocycles. The molecule has 1 aromatic heterocycles. The van der Waals surface area contributed by atoms with E-state index in [0.717, 1.165) is 52.4 Å². The molecule has 1 atom stereocenters. The summed E-state index contributed by atoms with van der Waals surface area (Å²) in [6.07, 6.45) is 1.62. The molecule has 1 N–H and O–H groups in total. The van der Waals surface area contributed by atoms with Crippen molar-refractivity contribution >= 4 is 23.0 Å². The van der Waals surface area contributed by atoms with Gasteiger partial charge in [0.25, 0.3) is 0 Å². The summed E-state index contributed by atoms with van der Waals surface area (Å²) in [7, 11) is 0. The lowest BCUT2D eigenvalue weighted by molar-refractivity contribution is -0.139. The van der Waals surface area contributed by atoms with Crippen molar-refractivity contribution in [2.24, 2.45) is 0 Å². The van der Waals surface area contributed by atoms with Crippen LogP contribution in [-0.2, 0) is 16.1 Å². The number of esters is 1. The van der Waals surface area contributed by atoms with Gasteiger partial charge in [0.15, 0.2) is 0 Å². The summed E-state index contributed by atoms with van der Waals surface area (Å²) < 4.78 is 13.6. The molecule has 4 aromatic rings. The molecule has 0 fully saturated rings. The predicted molar refractivity (Wildman–Crippen MR) is 137 cm³/mol. The summed E-state index contributed by atoms with van der Waals surface area (Å²) in [5.41, 5.74) is 5.41. The zero-order valence-electron chi connectivity index (χ0n) is 20.0. The van der Waals surface area contributed by atoms with E-state index in [4.69, 9.17) is 14.5 Å². The normalized spacial score (nSPS) is 15.0. The molecular weight excluding hydrogens is 438 g/mol. The minimum absolute atomic E-state index is 0.304. The lowest BCUT2D eigenvalue weighted by Crippen LogP contribution is -2.29. The molecule has 2 heterocycles. The summed E-state index contributed by atoms with van der Waals surface area (Å²) in [6.45, 7) is 4.75. The number of carbonyl (C=O) groups excluding carboxylic acids is 1. The number of nitrogens with one attached hydrogen (secondary N) is 1. The molecular formula is C29H29N3O3. The minimum Gasteiger partial charge on any atom is -0.489 e. The van der Waals surface area contributed by atoms with E-state index in [9.17, 15) is 4.79 Å². The van der Waals surface area contributed by atoms with Crippen LogP contribution in [0.5, 0.6) is 5.75 Å². The Labute approximate surface area is 205 Å². The molecule has 35 heavy (non-hydrogen) atoms. The van der Waals surface area contributed by atoms with Gasteiger partial charge >= 0.3 is 5.97 Å². The van der Waals surface area contributed by atoms with E-state index in [0.29, 0.717) is 18.8 Å². The number of imidazole rings is 1. The third-order valence-corrected chi connectivity index (χ3v) is 6.15. The number of carbonyl (C=O) groups is 1. The molecule has 0 bridgehead atoms. The van der Waals surface area contributed by atoms with Crippen LogP contribution in [0.15, 0.2) is 90.1 Å². The second-order valence-electron chi connectivity index (χ2n) is 8.53. The number of hydrogen-bond acceptors (Lipinski definition) is 5. The van der Waals surface area contributed by atoms with Gasteiger partial charge in [-0.3, -0.25) is 4.57 Å². The molecule has 0 saturated heterocycles. The standard InChI is InChI=1S/C29H29N3O3/c1-3-10-24-26(28(33)34-4-2)27(32-25-14-9-8-13-23(25)30-29(32)31-24)21-15-17-22(18-16-21)35-19-20-11-6-5-7-12-20/h5-9,11-18,27H,3-4,10,19H2,1-2H3,(H,30,31)/t27-/m0/s1. The molecule has 0 saturated carbocycles. The summed E-state index contributed by atoms with van der Waals surface area (Å²) >= 11 is 0. The third kappa shape index (κ3) is 4.52. The molecule has 0 spiro atoms. The van der Waals surface area contributed by atoms with Crippen LogP contribution in [0.4, 0.5) is 5.95 Å². The highest BCUT2D eigenvalue weighted by molar-refractivity contribution is 5.94. The summed E-state index contributed by atoms with van der Waals surface area (Å²) in [5, 5.41) is 3.43. The van der Waals surface area contributed by atoms with Crippen molar-refractivity contribution in [3.05, 3.63) is 101 Å². The fourth-order valence-electron chi connectivity index (χ4n) is 4.58. The van der Waals surface area contributed by atoms with Gasteiger partial charge in [-0.2, -0.15) is 0 Å². The number of hydrogen-bond donors (Lipinski definition) is 1. The minimum atomic E-state index is -0.359. The lowest BCUT2D eigenvalue weighted by Gasteiger charge is -2.31. The number of nitrogens with zero attached hydrogens (tertiary/aromatic N) is 2. The average Bonchev–Trinajstić information content (AvgIpc) is 3.26. The second-order valence-corrected chi connectivity index (χ2v) is 8.53. The van der Waals surface area contributed by atoms with Gasteiger partial charge < -0.3 is 14.8 Å². The Morgan fingerprint density at radius 3 is 2.46 bits per heavy atom. The van der Waals surface area contributed by atoms with E-state index in [1.54, 1.807) is 0 Å². The first-order chi connectivity index (χ1) is 17.2. The van der Waals surface area contributed by atoms with Gasteiger partial charge in [0.05, 0.1) is 29.3 Å². The number of anilines is 1. The number of para-hydroxylation sites is 2. The highest BCUT2D eigenvalue weighted by atomic mass is 16.5. The molecule has 0 amide bonds. The van der Waals surface area contributed by atoms with Crippen LogP contribution in [0.2, 0.25) is 0 Å². The zero-order chi connectivity index (χ0) is 24.2. The highest BCUT2D eigenvalue weighted by Crippen LogP contribution is 2.41. The number of rotatable bonds is 8. The van der Waals surface area contributed by atoms with Gasteiger partial charge in [0.1, 0.15) is 12.4 Å². The summed E-state index contributed by atoms with van der Waals surface area (Å²) in [4.78, 5) is 18.1. The number of aromatic nitrogens is 2. The van der Waals surface area contributed by atoms with Gasteiger partial charge in [0.2, 0.25) is 5.95 Å². The van der Waals surface area contributed by atoms with Crippen molar-refractivity contribution < 1.29 is 14.3 Å². The highest BCUT2D eigenvalue weighted by Gasteiger charge is 2.35. The van der Waals surface area contributed by atoms with Gasteiger partial charge in [-0.15, -0.1) is 0 Å². The Kier molecular flexibility index (Phi) is 6.53. The molecule has 5 rings (SSSR count). The van der Waals surface area contributed by atoms with Crippen LogP contribution in [-0.4, -0.2) is 22.1 Å². The monoisotopic (exact) mass is 467 g/mol. The number of allylic oxidation sites excluding steroid dienone is 1. The fraction of sp³-hybridized carbons (Fsp3) is 0.241. The van der Waals surface area contributed by atoms with Gasteiger partial charge in [-0.25, -0.2) is 9.78 Å². The van der Waals surface area contributed by atoms with Crippen molar-refractivity contribution in [3.8, 4) is 5.75 Å². The van der Waals surface area contributed by atoms with Crippen molar-refractivity contribution in [1.82, 2.24) is 9.55 Å². The number of ether oxygens (including phenoxy) is 2. The van der Waals surface area contributed by atoms with Gasteiger partial charge in [0, 0.05) is 5.70 Å². The van der Waals surface area contributed by atoms with Crippen LogP contribution in [0.25, 0.3) is 11.0 Å². The smallest absolute Gasteiger partial charge is 0.338 e. The van der Waals surface area contributed by atoms with Crippen LogP contribution in [0.1, 0.15) is 43.9 Å². The molecule has 178 valence electrons. The maximum Gasteiger partial charge on any atom is 0.338 e. The molecule has 0 aliphatic carbocycles. The maximum absolute atomic E-state index is 13.3. The molecule has 0 unspecified atom stereocenters. The molecule has 0 radical (unpaired) electrons. The Bertz CT molecular complexity index is 1360. The summed E-state index contributed by atoms with van der Waals surface area (Å²) in [6, 6.07) is 25.7. The number of fused-ring (bicyclic) bond motifs is 3. The number of benzene rings is 3. The van der Waals surface area contributed by atoms with Gasteiger partial charge in [-0.1, -0.05) is 67.9 Å². The zero-order valence-corrected chi connectivity index (χ0v) is 20.0. The second kappa shape index (κ2) is 10.1. The van der Waals surface area contributed by atoms with Crippen LogP contribution < -0.4 is 10.1 Å². The van der Waals surface area contributed by atoms with E-state index >= 15 is 0 Å². The van der Waals surface area contributed by atoms with Crippen molar-refractivity contribution in [2.75, 3.05) is 11.9 Å². The Morgan fingerprint density at radius 2 is 1.71 bits per heavy atom. The molecule has 6 nitrogen and oxygen atoms in total. The predicted octanol–water partition coefficient (Wildman–Crippen LogP) is 6.25. The molecule has 3 aromatic carbocycles. The topological polar surface area (TPSA) is 65.4 Å². The average molecular weight is 468 g/mol. The molecule has 1 aliphatic rings. The van der Waals surface area contributed by atoms with Gasteiger partial charge in [-0.05, 0) is 48.7 Å². The first kappa shape index (κ1) is 22.7. The van der Waals surface area contributed by atoms with E-state index < -0.39 is 0 Å². The Balaban J connectivity index is 1.56. The lowest BCUT2D eigenvalue weighted by atomic mass is 9.93. The van der Waals surface area contributed by atoms with E-state index in [2.05, 4.69) is 16.8 Å². The van der Waals surface area contributed by atoms with Crippen molar-refractivity contribution in [1.29, 1.82) is 0 Å². The first-order valence-electron chi connectivity index (χ1n) is 12.1. The third-order valence-electron chi connectivity index (χ3n) is 6.15. The van der Waals surface area contributed by atoms with Crippen LogP contribution >= 0.6 is 0 Å². The first-order valence-corrected chi connectivity index (χ1v) is 12.1. The van der Waals surface area contributed by atoms with E-state index in [-0.39, 0.29) is 12.0 Å².